The van der Waals surface area contributed by atoms with Gasteiger partial charge in [0.2, 0.25) is 0 Å². The van der Waals surface area contributed by atoms with E-state index in [2.05, 4.69) is 6.92 Å². The lowest BCUT2D eigenvalue weighted by Gasteiger charge is -2.18. The molecule has 96 valence electrons. The standard InChI is InChI=1S/C14H27FO/c1-5-6-7-8-9-10-12(15)11-13(16)14(2,3)4/h12H,5-11H2,1-4H3. The van der Waals surface area contributed by atoms with Gasteiger partial charge in [-0.25, -0.2) is 4.39 Å². The molecule has 0 heterocycles. The number of ketones is 1. The molecular weight excluding hydrogens is 203 g/mol. The number of hydrogen-bond acceptors (Lipinski definition) is 1. The second-order valence-electron chi connectivity index (χ2n) is 5.68. The van der Waals surface area contributed by atoms with Gasteiger partial charge in [0.1, 0.15) is 12.0 Å². The number of carbonyl (C=O) groups excluding carboxylic acids is 1. The largest absolute Gasteiger partial charge is 0.299 e. The van der Waals surface area contributed by atoms with E-state index in [9.17, 15) is 9.18 Å². The van der Waals surface area contributed by atoms with Crippen LogP contribution >= 0.6 is 0 Å². The molecule has 0 aliphatic heterocycles. The van der Waals surface area contributed by atoms with Gasteiger partial charge in [0, 0.05) is 11.8 Å². The molecule has 0 rings (SSSR count). The van der Waals surface area contributed by atoms with E-state index < -0.39 is 11.6 Å². The van der Waals surface area contributed by atoms with Crippen LogP contribution in [0, 0.1) is 5.41 Å². The number of alkyl halides is 1. The molecule has 0 saturated heterocycles. The minimum absolute atomic E-state index is 0.0357. The summed E-state index contributed by atoms with van der Waals surface area (Å²) in [6, 6.07) is 0. The molecule has 0 radical (unpaired) electrons. The van der Waals surface area contributed by atoms with Crippen molar-refractivity contribution in [3.63, 3.8) is 0 Å². The predicted molar refractivity (Wildman–Crippen MR) is 67.4 cm³/mol. The van der Waals surface area contributed by atoms with Gasteiger partial charge >= 0.3 is 0 Å². The molecule has 0 N–H and O–H groups in total. The molecule has 0 aromatic rings. The van der Waals surface area contributed by atoms with Crippen LogP contribution in [0.5, 0.6) is 0 Å². The van der Waals surface area contributed by atoms with Crippen molar-refractivity contribution < 1.29 is 9.18 Å². The summed E-state index contributed by atoms with van der Waals surface area (Å²) < 4.78 is 13.5. The molecule has 0 amide bonds. The average Bonchev–Trinajstić information content (AvgIpc) is 2.16. The van der Waals surface area contributed by atoms with Gasteiger partial charge in [-0.05, 0) is 6.42 Å². The molecule has 0 aliphatic carbocycles. The third-order valence-electron chi connectivity index (χ3n) is 2.86. The highest BCUT2D eigenvalue weighted by atomic mass is 19.1. The normalized spacial score (nSPS) is 13.8. The molecule has 1 nitrogen and oxygen atoms in total. The fourth-order valence-corrected chi connectivity index (χ4v) is 1.58. The quantitative estimate of drug-likeness (QED) is 0.553. The van der Waals surface area contributed by atoms with Crippen LogP contribution in [0.25, 0.3) is 0 Å². The van der Waals surface area contributed by atoms with E-state index in [1.165, 1.54) is 19.3 Å². The molecule has 0 bridgehead atoms. The first-order valence-corrected chi connectivity index (χ1v) is 6.55. The third kappa shape index (κ3) is 7.84. The summed E-state index contributed by atoms with van der Waals surface area (Å²) in [5.41, 5.74) is -0.396. The lowest BCUT2D eigenvalue weighted by Crippen LogP contribution is -2.23. The first-order valence-electron chi connectivity index (χ1n) is 6.55. The highest BCUT2D eigenvalue weighted by molar-refractivity contribution is 5.83. The zero-order chi connectivity index (χ0) is 12.6. The fourth-order valence-electron chi connectivity index (χ4n) is 1.58. The van der Waals surface area contributed by atoms with Crippen molar-refractivity contribution in [2.75, 3.05) is 0 Å². The zero-order valence-electron chi connectivity index (χ0n) is 11.3. The molecule has 1 unspecified atom stereocenters. The number of Topliss-reactive ketones (excluding diaryl/α,β-unsaturated/α-hetero) is 1. The molecule has 1 atom stereocenters. The number of rotatable bonds is 8. The monoisotopic (exact) mass is 230 g/mol. The maximum atomic E-state index is 13.5. The number of hydrogen-bond donors (Lipinski definition) is 0. The SMILES string of the molecule is CCCCCCCC(F)CC(=O)C(C)(C)C. The van der Waals surface area contributed by atoms with Crippen molar-refractivity contribution in [3.8, 4) is 0 Å². The summed E-state index contributed by atoms with van der Waals surface area (Å²) in [6.45, 7) is 7.72. The minimum Gasteiger partial charge on any atom is -0.299 e. The molecule has 0 fully saturated rings. The van der Waals surface area contributed by atoms with E-state index in [1.54, 1.807) is 0 Å². The Labute approximate surface area is 99.8 Å². The van der Waals surface area contributed by atoms with Crippen LogP contribution in [0.4, 0.5) is 4.39 Å². The Morgan fingerprint density at radius 2 is 1.69 bits per heavy atom. The maximum Gasteiger partial charge on any atom is 0.141 e. The average molecular weight is 230 g/mol. The van der Waals surface area contributed by atoms with E-state index in [4.69, 9.17) is 0 Å². The second kappa shape index (κ2) is 7.81. The van der Waals surface area contributed by atoms with Crippen molar-refractivity contribution >= 4 is 5.78 Å². The lowest BCUT2D eigenvalue weighted by atomic mass is 9.87. The van der Waals surface area contributed by atoms with Crippen molar-refractivity contribution in [1.82, 2.24) is 0 Å². The maximum absolute atomic E-state index is 13.5. The van der Waals surface area contributed by atoms with E-state index in [0.29, 0.717) is 6.42 Å². The van der Waals surface area contributed by atoms with Gasteiger partial charge in [0.05, 0.1) is 0 Å². The Bertz CT molecular complexity index is 193. The molecule has 16 heavy (non-hydrogen) atoms. The molecule has 0 aromatic heterocycles. The van der Waals surface area contributed by atoms with E-state index in [-0.39, 0.29) is 12.2 Å². The van der Waals surface area contributed by atoms with Crippen molar-refractivity contribution in [3.05, 3.63) is 0 Å². The van der Waals surface area contributed by atoms with Crippen molar-refractivity contribution in [1.29, 1.82) is 0 Å². The number of unbranched alkanes of at least 4 members (excludes halogenated alkanes) is 4. The van der Waals surface area contributed by atoms with Gasteiger partial charge in [-0.2, -0.15) is 0 Å². The van der Waals surface area contributed by atoms with Crippen LogP contribution in [0.15, 0.2) is 0 Å². The second-order valence-corrected chi connectivity index (χ2v) is 5.68. The molecule has 0 aromatic carbocycles. The van der Waals surface area contributed by atoms with Crippen molar-refractivity contribution in [2.24, 2.45) is 5.41 Å². The predicted octanol–water partition coefficient (Wildman–Crippen LogP) is 4.69. The highest BCUT2D eigenvalue weighted by Gasteiger charge is 2.24. The lowest BCUT2D eigenvalue weighted by molar-refractivity contribution is -0.127. The highest BCUT2D eigenvalue weighted by Crippen LogP contribution is 2.21. The summed E-state index contributed by atoms with van der Waals surface area (Å²) in [6.07, 6.45) is 5.35. The van der Waals surface area contributed by atoms with Gasteiger partial charge in [-0.1, -0.05) is 59.8 Å². The molecule has 2 heteroatoms. The topological polar surface area (TPSA) is 17.1 Å². The van der Waals surface area contributed by atoms with Crippen LogP contribution < -0.4 is 0 Å². The Hall–Kier alpha value is -0.400. The summed E-state index contributed by atoms with van der Waals surface area (Å²) in [4.78, 5) is 11.6. The van der Waals surface area contributed by atoms with E-state index >= 15 is 0 Å². The van der Waals surface area contributed by atoms with Gasteiger partial charge in [0.25, 0.3) is 0 Å². The number of carbonyl (C=O) groups is 1. The van der Waals surface area contributed by atoms with Crippen LogP contribution in [0.2, 0.25) is 0 Å². The van der Waals surface area contributed by atoms with E-state index in [0.717, 1.165) is 12.8 Å². The fraction of sp³-hybridized carbons (Fsp3) is 0.929. The van der Waals surface area contributed by atoms with E-state index in [1.807, 2.05) is 20.8 Å². The zero-order valence-corrected chi connectivity index (χ0v) is 11.3. The van der Waals surface area contributed by atoms with Crippen LogP contribution in [0.3, 0.4) is 0 Å². The summed E-state index contributed by atoms with van der Waals surface area (Å²) in [7, 11) is 0. The Kier molecular flexibility index (Phi) is 7.61. The minimum atomic E-state index is -0.937. The summed E-state index contributed by atoms with van der Waals surface area (Å²) in [5.74, 6) is 0.0357. The van der Waals surface area contributed by atoms with Gasteiger partial charge in [0.15, 0.2) is 0 Å². The Balaban J connectivity index is 3.59. The Morgan fingerprint density at radius 3 is 2.19 bits per heavy atom. The van der Waals surface area contributed by atoms with Crippen LogP contribution in [-0.2, 0) is 4.79 Å². The van der Waals surface area contributed by atoms with Gasteiger partial charge < -0.3 is 0 Å². The first kappa shape index (κ1) is 15.6. The molecule has 0 saturated carbocycles. The van der Waals surface area contributed by atoms with Crippen molar-refractivity contribution in [2.45, 2.75) is 78.8 Å². The molecule has 0 spiro atoms. The summed E-state index contributed by atoms with van der Waals surface area (Å²) >= 11 is 0. The molecular formula is C14H27FO. The number of halogens is 1. The summed E-state index contributed by atoms with van der Waals surface area (Å²) in [5, 5.41) is 0. The molecule has 0 aliphatic rings. The van der Waals surface area contributed by atoms with Crippen LogP contribution in [0.1, 0.15) is 72.6 Å². The van der Waals surface area contributed by atoms with Crippen LogP contribution in [-0.4, -0.2) is 12.0 Å². The Morgan fingerprint density at radius 1 is 1.12 bits per heavy atom. The first-order chi connectivity index (χ1) is 7.38. The third-order valence-corrected chi connectivity index (χ3v) is 2.86. The smallest absolute Gasteiger partial charge is 0.141 e. The van der Waals surface area contributed by atoms with Gasteiger partial charge in [-0.15, -0.1) is 0 Å². The van der Waals surface area contributed by atoms with Gasteiger partial charge in [-0.3, -0.25) is 4.79 Å².